The monoisotopic (exact) mass is 314 g/mol. The Kier molecular flexibility index (Phi) is 4.07. The summed E-state index contributed by atoms with van der Waals surface area (Å²) >= 11 is 3.37. The summed E-state index contributed by atoms with van der Waals surface area (Å²) in [6, 6.07) is 0.461. The van der Waals surface area contributed by atoms with Crippen molar-refractivity contribution < 1.29 is 0 Å². The molecule has 1 saturated heterocycles. The second-order valence-corrected chi connectivity index (χ2v) is 5.90. The fourth-order valence-corrected chi connectivity index (χ4v) is 2.58. The van der Waals surface area contributed by atoms with Crippen molar-refractivity contribution in [2.45, 2.75) is 32.4 Å². The first-order valence-corrected chi connectivity index (χ1v) is 7.00. The third-order valence-electron chi connectivity index (χ3n) is 3.18. The Morgan fingerprint density at radius 2 is 2.28 bits per heavy atom. The average molecular weight is 315 g/mol. The number of hydrogen-bond acceptors (Lipinski definition) is 4. The Bertz CT molecular complexity index is 485. The summed E-state index contributed by atoms with van der Waals surface area (Å²) in [6.07, 6.45) is 2.82. The van der Waals surface area contributed by atoms with Crippen LogP contribution in [0.2, 0.25) is 0 Å². The van der Waals surface area contributed by atoms with Crippen molar-refractivity contribution in [3.63, 3.8) is 0 Å². The molecule has 18 heavy (non-hydrogen) atoms. The molecule has 0 aromatic carbocycles. The van der Waals surface area contributed by atoms with E-state index in [0.29, 0.717) is 10.5 Å². The van der Waals surface area contributed by atoms with E-state index in [2.05, 4.69) is 38.3 Å². The van der Waals surface area contributed by atoms with Crippen molar-refractivity contribution >= 4 is 21.6 Å². The first-order valence-electron chi connectivity index (χ1n) is 6.21. The highest BCUT2D eigenvalue weighted by atomic mass is 79.9. The number of likely N-dealkylation sites (tertiary alicyclic amines) is 1. The largest absolute Gasteiger partial charge is 0.379 e. The van der Waals surface area contributed by atoms with Gasteiger partial charge in [0.05, 0.1) is 17.9 Å². The summed E-state index contributed by atoms with van der Waals surface area (Å²) in [7, 11) is 2.10. The molecule has 100 valence electrons. The van der Waals surface area contributed by atoms with Gasteiger partial charge in [-0.15, -0.1) is 0 Å². The molecule has 5 nitrogen and oxygen atoms in total. The van der Waals surface area contributed by atoms with Crippen molar-refractivity contribution in [1.82, 2.24) is 14.7 Å². The zero-order valence-corrected chi connectivity index (χ0v) is 12.6. The molecule has 0 bridgehead atoms. The Morgan fingerprint density at radius 1 is 1.56 bits per heavy atom. The molecular weight excluding hydrogens is 296 g/mol. The van der Waals surface area contributed by atoms with Crippen LogP contribution in [0.25, 0.3) is 0 Å². The summed E-state index contributed by atoms with van der Waals surface area (Å²) < 4.78 is 2.05. The van der Waals surface area contributed by atoms with Gasteiger partial charge in [0.15, 0.2) is 0 Å². The Morgan fingerprint density at radius 3 is 2.83 bits per heavy atom. The van der Waals surface area contributed by atoms with Gasteiger partial charge in [-0.25, -0.2) is 4.68 Å². The molecule has 0 aliphatic carbocycles. The third-order valence-corrected chi connectivity index (χ3v) is 3.95. The molecule has 1 aliphatic rings. The van der Waals surface area contributed by atoms with E-state index >= 15 is 0 Å². The fraction of sp³-hybridized carbons (Fsp3) is 0.667. The second-order valence-electron chi connectivity index (χ2n) is 5.11. The van der Waals surface area contributed by atoms with Crippen molar-refractivity contribution in [3.05, 3.63) is 21.0 Å². The lowest BCUT2D eigenvalue weighted by atomic mass is 10.2. The minimum Gasteiger partial charge on any atom is -0.379 e. The minimum atomic E-state index is -0.0821. The van der Waals surface area contributed by atoms with Crippen LogP contribution in [-0.4, -0.2) is 40.9 Å². The van der Waals surface area contributed by atoms with E-state index in [0.717, 1.165) is 25.2 Å². The molecule has 1 aliphatic heterocycles. The summed E-state index contributed by atoms with van der Waals surface area (Å²) in [5, 5.41) is 7.58. The van der Waals surface area contributed by atoms with Gasteiger partial charge in [-0.2, -0.15) is 5.10 Å². The van der Waals surface area contributed by atoms with Gasteiger partial charge in [-0.1, -0.05) is 0 Å². The SMILES string of the molecule is CC(C)n1ncc(NC2CCN(C)C2)c(Br)c1=O. The van der Waals surface area contributed by atoms with Crippen molar-refractivity contribution in [1.29, 1.82) is 0 Å². The van der Waals surface area contributed by atoms with Gasteiger partial charge < -0.3 is 10.2 Å². The Hall–Kier alpha value is -0.880. The lowest BCUT2D eigenvalue weighted by Crippen LogP contribution is -2.29. The van der Waals surface area contributed by atoms with E-state index in [1.165, 1.54) is 4.68 Å². The van der Waals surface area contributed by atoms with E-state index in [9.17, 15) is 4.79 Å². The maximum atomic E-state index is 12.1. The number of halogens is 1. The van der Waals surface area contributed by atoms with Gasteiger partial charge in [-0.05, 0) is 49.8 Å². The zero-order valence-electron chi connectivity index (χ0n) is 11.0. The lowest BCUT2D eigenvalue weighted by Gasteiger charge is -2.16. The highest BCUT2D eigenvalue weighted by Gasteiger charge is 2.21. The molecule has 0 amide bonds. The number of hydrogen-bond donors (Lipinski definition) is 1. The number of nitrogens with zero attached hydrogens (tertiary/aromatic N) is 3. The summed E-state index contributed by atoms with van der Waals surface area (Å²) in [6.45, 7) is 5.98. The molecule has 1 aromatic rings. The van der Waals surface area contributed by atoms with Crippen LogP contribution in [0.1, 0.15) is 26.3 Å². The van der Waals surface area contributed by atoms with Gasteiger partial charge in [-0.3, -0.25) is 4.79 Å². The van der Waals surface area contributed by atoms with Gasteiger partial charge in [0.25, 0.3) is 5.56 Å². The zero-order chi connectivity index (χ0) is 13.3. The summed E-state index contributed by atoms with van der Waals surface area (Å²) in [4.78, 5) is 14.3. The van der Waals surface area contributed by atoms with Gasteiger partial charge in [0, 0.05) is 12.6 Å². The van der Waals surface area contributed by atoms with Crippen LogP contribution in [0.15, 0.2) is 15.5 Å². The topological polar surface area (TPSA) is 50.2 Å². The molecule has 2 heterocycles. The third kappa shape index (κ3) is 2.75. The van der Waals surface area contributed by atoms with Crippen LogP contribution >= 0.6 is 15.9 Å². The first-order chi connectivity index (χ1) is 8.49. The summed E-state index contributed by atoms with van der Waals surface area (Å²) in [5.74, 6) is 0. The smallest absolute Gasteiger partial charge is 0.283 e. The molecule has 0 radical (unpaired) electrons. The standard InChI is InChI=1S/C12H19BrN4O/c1-8(2)17-12(18)11(13)10(6-14-17)15-9-4-5-16(3)7-9/h6,8-9,15H,4-5,7H2,1-3H3. The molecule has 0 spiro atoms. The first kappa shape index (κ1) is 13.5. The Labute approximate surface area is 115 Å². The number of aromatic nitrogens is 2. The molecule has 1 fully saturated rings. The van der Waals surface area contributed by atoms with E-state index in [1.807, 2.05) is 13.8 Å². The molecule has 1 N–H and O–H groups in total. The van der Waals surface area contributed by atoms with Gasteiger partial charge >= 0.3 is 0 Å². The molecule has 6 heteroatoms. The number of rotatable bonds is 3. The molecule has 1 unspecified atom stereocenters. The number of nitrogens with one attached hydrogen (secondary N) is 1. The maximum Gasteiger partial charge on any atom is 0.283 e. The van der Waals surface area contributed by atoms with Crippen molar-refractivity contribution in [2.24, 2.45) is 0 Å². The van der Waals surface area contributed by atoms with Gasteiger partial charge in [0.2, 0.25) is 0 Å². The van der Waals surface area contributed by atoms with Crippen LogP contribution < -0.4 is 10.9 Å². The van der Waals surface area contributed by atoms with Crippen LogP contribution in [0.4, 0.5) is 5.69 Å². The molecule has 2 rings (SSSR count). The molecule has 1 atom stereocenters. The lowest BCUT2D eigenvalue weighted by molar-refractivity contribution is 0.414. The fourth-order valence-electron chi connectivity index (χ4n) is 2.19. The van der Waals surface area contributed by atoms with E-state index in [1.54, 1.807) is 6.20 Å². The van der Waals surface area contributed by atoms with E-state index < -0.39 is 0 Å². The second kappa shape index (κ2) is 5.40. The molecule has 1 aromatic heterocycles. The van der Waals surface area contributed by atoms with Crippen LogP contribution in [0, 0.1) is 0 Å². The van der Waals surface area contributed by atoms with Crippen LogP contribution in [0.5, 0.6) is 0 Å². The molecule has 0 saturated carbocycles. The maximum absolute atomic E-state index is 12.1. The van der Waals surface area contributed by atoms with Crippen molar-refractivity contribution in [2.75, 3.05) is 25.5 Å². The summed E-state index contributed by atoms with van der Waals surface area (Å²) in [5.41, 5.74) is 0.707. The average Bonchev–Trinajstić information content (AvgIpc) is 2.70. The van der Waals surface area contributed by atoms with E-state index in [-0.39, 0.29) is 11.6 Å². The minimum absolute atomic E-state index is 0.0699. The number of likely N-dealkylation sites (N-methyl/N-ethyl adjacent to an activating group) is 1. The highest BCUT2D eigenvalue weighted by Crippen LogP contribution is 2.20. The predicted molar refractivity (Wildman–Crippen MR) is 76.1 cm³/mol. The van der Waals surface area contributed by atoms with Gasteiger partial charge in [0.1, 0.15) is 4.47 Å². The van der Waals surface area contributed by atoms with Crippen LogP contribution in [0.3, 0.4) is 0 Å². The van der Waals surface area contributed by atoms with Crippen molar-refractivity contribution in [3.8, 4) is 0 Å². The Balaban J connectivity index is 2.20. The normalized spacial score (nSPS) is 20.6. The highest BCUT2D eigenvalue weighted by molar-refractivity contribution is 9.10. The van der Waals surface area contributed by atoms with E-state index in [4.69, 9.17) is 0 Å². The molecular formula is C12H19BrN4O. The number of anilines is 1. The van der Waals surface area contributed by atoms with Crippen LogP contribution in [-0.2, 0) is 0 Å². The predicted octanol–water partition coefficient (Wildman–Crippen LogP) is 1.70. The quantitative estimate of drug-likeness (QED) is 0.922.